The van der Waals surface area contributed by atoms with Gasteiger partial charge < -0.3 is 10.8 Å². The number of nitrogens with two attached hydrogens (primary N) is 1. The molecule has 0 amide bonds. The standard InChI is InChI=1S/C13H25NO2/c1-3-10-7-5-6-8-13(10,9-12(15)16)11(14)4-2/h10-11H,3-9,14H2,1-2H3,(H,15,16). The molecule has 0 bridgehead atoms. The van der Waals surface area contributed by atoms with E-state index >= 15 is 0 Å². The van der Waals surface area contributed by atoms with Gasteiger partial charge in [0.15, 0.2) is 0 Å². The second-order valence-corrected chi connectivity index (χ2v) is 5.17. The lowest BCUT2D eigenvalue weighted by Gasteiger charge is -2.47. The molecule has 1 aliphatic rings. The third kappa shape index (κ3) is 2.57. The van der Waals surface area contributed by atoms with E-state index in [1.54, 1.807) is 0 Å². The van der Waals surface area contributed by atoms with E-state index < -0.39 is 5.97 Å². The first-order valence-electron chi connectivity index (χ1n) is 6.54. The smallest absolute Gasteiger partial charge is 0.303 e. The van der Waals surface area contributed by atoms with Crippen LogP contribution < -0.4 is 5.73 Å². The molecular formula is C13H25NO2. The maximum atomic E-state index is 11.1. The number of hydrogen-bond donors (Lipinski definition) is 2. The molecule has 0 radical (unpaired) electrons. The second kappa shape index (κ2) is 5.67. The van der Waals surface area contributed by atoms with Crippen molar-refractivity contribution in [1.82, 2.24) is 0 Å². The molecule has 1 saturated carbocycles. The molecule has 0 aromatic carbocycles. The van der Waals surface area contributed by atoms with Gasteiger partial charge in [0, 0.05) is 6.04 Å². The third-order valence-electron chi connectivity index (χ3n) is 4.41. The minimum absolute atomic E-state index is 0.0360. The molecule has 0 aliphatic heterocycles. The van der Waals surface area contributed by atoms with Gasteiger partial charge >= 0.3 is 5.97 Å². The first-order chi connectivity index (χ1) is 7.56. The Morgan fingerprint density at radius 1 is 1.50 bits per heavy atom. The SMILES string of the molecule is CCC(N)C1(CC(=O)O)CCCCC1CC. The van der Waals surface area contributed by atoms with Crippen molar-refractivity contribution in [3.63, 3.8) is 0 Å². The third-order valence-corrected chi connectivity index (χ3v) is 4.41. The molecule has 1 fully saturated rings. The summed E-state index contributed by atoms with van der Waals surface area (Å²) >= 11 is 0. The lowest BCUT2D eigenvalue weighted by atomic mass is 9.59. The molecule has 1 aliphatic carbocycles. The van der Waals surface area contributed by atoms with E-state index in [-0.39, 0.29) is 17.9 Å². The number of carbonyl (C=O) groups is 1. The molecule has 3 atom stereocenters. The highest BCUT2D eigenvalue weighted by Gasteiger charge is 2.45. The van der Waals surface area contributed by atoms with E-state index in [0.29, 0.717) is 5.92 Å². The summed E-state index contributed by atoms with van der Waals surface area (Å²) < 4.78 is 0. The molecule has 16 heavy (non-hydrogen) atoms. The average Bonchev–Trinajstić information content (AvgIpc) is 2.27. The Balaban J connectivity index is 2.93. The number of carboxylic acids is 1. The zero-order chi connectivity index (χ0) is 12.2. The summed E-state index contributed by atoms with van der Waals surface area (Å²) in [4.78, 5) is 11.1. The average molecular weight is 227 g/mol. The van der Waals surface area contributed by atoms with E-state index in [1.807, 2.05) is 0 Å². The molecule has 0 saturated heterocycles. The van der Waals surface area contributed by atoms with Crippen molar-refractivity contribution >= 4 is 5.97 Å². The van der Waals surface area contributed by atoms with Crippen LogP contribution in [0.3, 0.4) is 0 Å². The number of hydrogen-bond acceptors (Lipinski definition) is 2. The number of rotatable bonds is 5. The molecule has 0 aromatic heterocycles. The van der Waals surface area contributed by atoms with Crippen LogP contribution in [0.15, 0.2) is 0 Å². The molecule has 0 aromatic rings. The van der Waals surface area contributed by atoms with Crippen LogP contribution in [0.25, 0.3) is 0 Å². The van der Waals surface area contributed by atoms with Crippen LogP contribution in [-0.2, 0) is 4.79 Å². The Kier molecular flexibility index (Phi) is 4.78. The van der Waals surface area contributed by atoms with Crippen molar-refractivity contribution in [2.24, 2.45) is 17.1 Å². The molecule has 3 N–H and O–H groups in total. The Hall–Kier alpha value is -0.570. The quantitative estimate of drug-likeness (QED) is 0.759. The maximum Gasteiger partial charge on any atom is 0.303 e. The highest BCUT2D eigenvalue weighted by atomic mass is 16.4. The largest absolute Gasteiger partial charge is 0.481 e. The normalized spacial score (nSPS) is 32.3. The zero-order valence-electron chi connectivity index (χ0n) is 10.5. The van der Waals surface area contributed by atoms with Gasteiger partial charge in [-0.15, -0.1) is 0 Å². The fraction of sp³-hybridized carbons (Fsp3) is 0.923. The topological polar surface area (TPSA) is 63.3 Å². The van der Waals surface area contributed by atoms with Gasteiger partial charge in [-0.3, -0.25) is 4.79 Å². The minimum atomic E-state index is -0.691. The van der Waals surface area contributed by atoms with Crippen LogP contribution in [0.2, 0.25) is 0 Å². The van der Waals surface area contributed by atoms with Gasteiger partial charge in [0.05, 0.1) is 6.42 Å². The van der Waals surface area contributed by atoms with Crippen LogP contribution in [0.4, 0.5) is 0 Å². The molecule has 3 heteroatoms. The van der Waals surface area contributed by atoms with Crippen LogP contribution in [0.1, 0.15) is 58.8 Å². The van der Waals surface area contributed by atoms with E-state index in [4.69, 9.17) is 10.8 Å². The van der Waals surface area contributed by atoms with Gasteiger partial charge in [-0.2, -0.15) is 0 Å². The van der Waals surface area contributed by atoms with Gasteiger partial charge in [0.1, 0.15) is 0 Å². The van der Waals surface area contributed by atoms with E-state index in [1.165, 1.54) is 6.42 Å². The molecule has 0 heterocycles. The Bertz CT molecular complexity index is 242. The first-order valence-corrected chi connectivity index (χ1v) is 6.54. The van der Waals surface area contributed by atoms with Crippen LogP contribution in [0.5, 0.6) is 0 Å². The second-order valence-electron chi connectivity index (χ2n) is 5.17. The zero-order valence-corrected chi connectivity index (χ0v) is 10.5. The predicted octanol–water partition coefficient (Wildman–Crippen LogP) is 2.79. The van der Waals surface area contributed by atoms with Gasteiger partial charge in [0.2, 0.25) is 0 Å². The summed E-state index contributed by atoms with van der Waals surface area (Å²) in [6, 6.07) is 0.0360. The molecule has 1 rings (SSSR count). The fourth-order valence-electron chi connectivity index (χ4n) is 3.49. The van der Waals surface area contributed by atoms with E-state index in [9.17, 15) is 4.79 Å². The molecule has 94 valence electrons. The predicted molar refractivity (Wildman–Crippen MR) is 65.2 cm³/mol. The van der Waals surface area contributed by atoms with Crippen molar-refractivity contribution in [2.45, 2.75) is 64.8 Å². The number of aliphatic carboxylic acids is 1. The Labute approximate surface area is 98.4 Å². The summed E-state index contributed by atoms with van der Waals surface area (Å²) in [6.07, 6.45) is 6.70. The lowest BCUT2D eigenvalue weighted by Crippen LogP contribution is -2.49. The fourth-order valence-corrected chi connectivity index (χ4v) is 3.49. The lowest BCUT2D eigenvalue weighted by molar-refractivity contribution is -0.142. The van der Waals surface area contributed by atoms with Crippen LogP contribution >= 0.6 is 0 Å². The molecule has 3 nitrogen and oxygen atoms in total. The molecule has 0 spiro atoms. The van der Waals surface area contributed by atoms with E-state index in [2.05, 4.69) is 13.8 Å². The minimum Gasteiger partial charge on any atom is -0.481 e. The van der Waals surface area contributed by atoms with Crippen LogP contribution in [-0.4, -0.2) is 17.1 Å². The maximum absolute atomic E-state index is 11.1. The summed E-state index contributed by atoms with van der Waals surface area (Å²) in [5, 5.41) is 9.13. The summed E-state index contributed by atoms with van der Waals surface area (Å²) in [5.41, 5.74) is 6.09. The van der Waals surface area contributed by atoms with Gasteiger partial charge in [-0.1, -0.05) is 33.1 Å². The van der Waals surface area contributed by atoms with E-state index in [0.717, 1.165) is 32.1 Å². The highest BCUT2D eigenvalue weighted by Crippen LogP contribution is 2.48. The summed E-state index contributed by atoms with van der Waals surface area (Å²) in [6.45, 7) is 4.23. The first kappa shape index (κ1) is 13.5. The van der Waals surface area contributed by atoms with Gasteiger partial charge in [-0.25, -0.2) is 0 Å². The van der Waals surface area contributed by atoms with Crippen molar-refractivity contribution in [2.75, 3.05) is 0 Å². The van der Waals surface area contributed by atoms with Gasteiger partial charge in [-0.05, 0) is 30.6 Å². The van der Waals surface area contributed by atoms with Crippen molar-refractivity contribution in [3.05, 3.63) is 0 Å². The monoisotopic (exact) mass is 227 g/mol. The van der Waals surface area contributed by atoms with Crippen molar-refractivity contribution < 1.29 is 9.90 Å². The summed E-state index contributed by atoms with van der Waals surface area (Å²) in [7, 11) is 0. The van der Waals surface area contributed by atoms with Gasteiger partial charge in [0.25, 0.3) is 0 Å². The molecule has 3 unspecified atom stereocenters. The van der Waals surface area contributed by atoms with Crippen molar-refractivity contribution in [3.8, 4) is 0 Å². The molecular weight excluding hydrogens is 202 g/mol. The highest BCUT2D eigenvalue weighted by molar-refractivity contribution is 5.68. The summed E-state index contributed by atoms with van der Waals surface area (Å²) in [5.74, 6) is -0.198. The van der Waals surface area contributed by atoms with Crippen LogP contribution in [0, 0.1) is 11.3 Å². The Morgan fingerprint density at radius 3 is 2.69 bits per heavy atom. The number of carboxylic acid groups (broad SMARTS) is 1. The van der Waals surface area contributed by atoms with Crippen molar-refractivity contribution in [1.29, 1.82) is 0 Å². The Morgan fingerprint density at radius 2 is 2.19 bits per heavy atom.